The van der Waals surface area contributed by atoms with Crippen molar-refractivity contribution in [2.45, 2.75) is 56.2 Å². The first kappa shape index (κ1) is 18.7. The van der Waals surface area contributed by atoms with Gasteiger partial charge in [-0.05, 0) is 30.5 Å². The quantitative estimate of drug-likeness (QED) is 0.478. The van der Waals surface area contributed by atoms with Crippen LogP contribution in [0.3, 0.4) is 0 Å². The number of benzene rings is 1. The van der Waals surface area contributed by atoms with Crippen LogP contribution in [-0.4, -0.2) is 22.0 Å². The van der Waals surface area contributed by atoms with Gasteiger partial charge in [-0.3, -0.25) is 9.59 Å². The van der Waals surface area contributed by atoms with Gasteiger partial charge < -0.3 is 9.29 Å². The lowest BCUT2D eigenvalue weighted by molar-refractivity contribution is -0.141. The summed E-state index contributed by atoms with van der Waals surface area (Å²) in [4.78, 5) is 26.3. The van der Waals surface area contributed by atoms with Gasteiger partial charge in [0.25, 0.3) is 0 Å². The molecule has 5 nitrogen and oxygen atoms in total. The van der Waals surface area contributed by atoms with Gasteiger partial charge in [-0.2, -0.15) is 0 Å². The second-order valence-electron chi connectivity index (χ2n) is 5.52. The molecule has 0 saturated heterocycles. The normalized spacial score (nSPS) is 10.9. The molecule has 0 aliphatic heterocycles. The number of aliphatic carboxylic acids is 1. The molecule has 0 bridgehead atoms. The fraction of sp³-hybridized carbons (Fsp3) is 0.471. The third kappa shape index (κ3) is 6.13. The number of aryl methyl sites for hydroxylation is 1. The number of fused-ring (bicyclic) bond motifs is 1. The number of nitrogens with zero attached hydrogens (tertiary/aromatic N) is 1. The molecule has 130 valence electrons. The minimum Gasteiger partial charge on any atom is -0.481 e. The van der Waals surface area contributed by atoms with Crippen molar-refractivity contribution in [3.63, 3.8) is 0 Å². The Morgan fingerprint density at radius 1 is 1.25 bits per heavy atom. The Morgan fingerprint density at radius 3 is 2.83 bits per heavy atom. The third-order valence-corrected chi connectivity index (χ3v) is 5.29. The number of thiazole rings is 1. The van der Waals surface area contributed by atoms with E-state index < -0.39 is 11.9 Å². The summed E-state index contributed by atoms with van der Waals surface area (Å²) in [6, 6.07) is 6.27. The van der Waals surface area contributed by atoms with Crippen LogP contribution < -0.4 is 0 Å². The minimum atomic E-state index is -1.01. The maximum atomic E-state index is 11.4. The van der Waals surface area contributed by atoms with Crippen LogP contribution in [0.4, 0.5) is 0 Å². The van der Waals surface area contributed by atoms with E-state index in [0.717, 1.165) is 28.7 Å². The molecule has 1 aromatic heterocycles. The molecule has 2 rings (SSSR count). The van der Waals surface area contributed by atoms with Crippen molar-refractivity contribution in [3.8, 4) is 0 Å². The van der Waals surface area contributed by atoms with Crippen molar-refractivity contribution in [2.75, 3.05) is 0 Å². The van der Waals surface area contributed by atoms with Crippen LogP contribution in [0.15, 0.2) is 22.5 Å². The van der Waals surface area contributed by atoms with Crippen molar-refractivity contribution in [1.29, 1.82) is 0 Å². The number of carboxylic acid groups (broad SMARTS) is 1. The molecular formula is C17H21NO4S2. The molecule has 0 radical (unpaired) electrons. The lowest BCUT2D eigenvalue weighted by Crippen LogP contribution is -2.03. The zero-order valence-electron chi connectivity index (χ0n) is 13.6. The van der Waals surface area contributed by atoms with Crippen LogP contribution in [0.2, 0.25) is 0 Å². The van der Waals surface area contributed by atoms with E-state index in [1.807, 2.05) is 0 Å². The van der Waals surface area contributed by atoms with Gasteiger partial charge in [0, 0.05) is 0 Å². The molecule has 0 spiro atoms. The number of aromatic nitrogens is 1. The Bertz CT molecular complexity index is 699. The zero-order valence-corrected chi connectivity index (χ0v) is 15.3. The maximum Gasteiger partial charge on any atom is 0.318 e. The van der Waals surface area contributed by atoms with Crippen molar-refractivity contribution in [2.24, 2.45) is 0 Å². The topological polar surface area (TPSA) is 76.5 Å². The Balaban J connectivity index is 1.88. The summed E-state index contributed by atoms with van der Waals surface area (Å²) in [5.74, 6) is -1.55. The van der Waals surface area contributed by atoms with Crippen LogP contribution in [0.1, 0.15) is 51.0 Å². The molecule has 2 aromatic rings. The van der Waals surface area contributed by atoms with E-state index in [-0.39, 0.29) is 12.8 Å². The summed E-state index contributed by atoms with van der Waals surface area (Å²) in [5, 5.41) is 8.54. The number of rotatable bonds is 10. The molecule has 0 atom stereocenters. The summed E-state index contributed by atoms with van der Waals surface area (Å²) in [6.07, 6.45) is 5.64. The monoisotopic (exact) mass is 367 g/mol. The largest absolute Gasteiger partial charge is 0.481 e. The molecule has 0 unspecified atom stereocenters. The SMILES string of the molecule is CCCCCCc1ccc2sc(SOC(=O)CCC(=O)O)nc2c1. The molecular weight excluding hydrogens is 346 g/mol. The van der Waals surface area contributed by atoms with E-state index in [1.54, 1.807) is 0 Å². The van der Waals surface area contributed by atoms with Crippen LogP contribution in [0, 0.1) is 0 Å². The van der Waals surface area contributed by atoms with Gasteiger partial charge in [0.1, 0.15) is 12.0 Å². The lowest BCUT2D eigenvalue weighted by atomic mass is 10.1. The Hall–Kier alpha value is -1.60. The van der Waals surface area contributed by atoms with Gasteiger partial charge in [0.05, 0.1) is 23.1 Å². The van der Waals surface area contributed by atoms with E-state index >= 15 is 0 Å². The number of unbranched alkanes of at least 4 members (excludes halogenated alkanes) is 3. The first-order chi connectivity index (χ1) is 11.6. The molecule has 0 fully saturated rings. The molecule has 7 heteroatoms. The molecule has 0 amide bonds. The number of carboxylic acids is 1. The fourth-order valence-corrected chi connectivity index (χ4v) is 3.80. The molecule has 0 saturated carbocycles. The van der Waals surface area contributed by atoms with Crippen LogP contribution in [-0.2, 0) is 20.2 Å². The lowest BCUT2D eigenvalue weighted by Gasteiger charge is -2.00. The van der Waals surface area contributed by atoms with Gasteiger partial charge in [0.2, 0.25) is 0 Å². The van der Waals surface area contributed by atoms with Gasteiger partial charge in [-0.15, -0.1) is 11.3 Å². The summed E-state index contributed by atoms with van der Waals surface area (Å²) in [7, 11) is 0. The van der Waals surface area contributed by atoms with Gasteiger partial charge in [-0.25, -0.2) is 4.98 Å². The average molecular weight is 367 g/mol. The molecule has 1 N–H and O–H groups in total. The van der Waals surface area contributed by atoms with E-state index in [9.17, 15) is 9.59 Å². The highest BCUT2D eigenvalue weighted by Crippen LogP contribution is 2.31. The Kier molecular flexibility index (Phi) is 7.52. The summed E-state index contributed by atoms with van der Waals surface area (Å²) in [6.45, 7) is 2.20. The first-order valence-electron chi connectivity index (χ1n) is 8.07. The summed E-state index contributed by atoms with van der Waals surface area (Å²) < 4.78 is 6.69. The van der Waals surface area contributed by atoms with E-state index in [2.05, 4.69) is 30.1 Å². The average Bonchev–Trinajstić information content (AvgIpc) is 2.97. The van der Waals surface area contributed by atoms with Crippen molar-refractivity contribution in [1.82, 2.24) is 4.98 Å². The number of carbonyl (C=O) groups is 2. The third-order valence-electron chi connectivity index (χ3n) is 3.50. The fourth-order valence-electron chi connectivity index (χ4n) is 2.23. The van der Waals surface area contributed by atoms with Crippen molar-refractivity contribution in [3.05, 3.63) is 23.8 Å². The van der Waals surface area contributed by atoms with E-state index in [4.69, 9.17) is 9.29 Å². The highest BCUT2D eigenvalue weighted by molar-refractivity contribution is 7.97. The number of carbonyl (C=O) groups excluding carboxylic acids is 1. The van der Waals surface area contributed by atoms with Crippen LogP contribution >= 0.6 is 23.4 Å². The first-order valence-corrected chi connectivity index (χ1v) is 9.63. The summed E-state index contributed by atoms with van der Waals surface area (Å²) >= 11 is 2.36. The second-order valence-corrected chi connectivity index (χ2v) is 7.53. The van der Waals surface area contributed by atoms with Crippen molar-refractivity contribution < 1.29 is 18.9 Å². The van der Waals surface area contributed by atoms with E-state index in [1.165, 1.54) is 42.6 Å². The Labute approximate surface area is 149 Å². The van der Waals surface area contributed by atoms with Crippen LogP contribution in [0.5, 0.6) is 0 Å². The Morgan fingerprint density at radius 2 is 2.08 bits per heavy atom. The predicted octanol–water partition coefficient (Wildman–Crippen LogP) is 4.83. The standard InChI is InChI=1S/C17H21NO4S2/c1-2-3-4-5-6-12-7-8-14-13(11-12)18-17(23-14)24-22-16(21)10-9-15(19)20/h7-8,11H,2-6,9-10H2,1H3,(H,19,20). The highest BCUT2D eigenvalue weighted by atomic mass is 32.2. The molecule has 0 aliphatic rings. The molecule has 24 heavy (non-hydrogen) atoms. The molecule has 0 aliphatic carbocycles. The predicted molar refractivity (Wildman–Crippen MR) is 96.3 cm³/mol. The highest BCUT2D eigenvalue weighted by Gasteiger charge is 2.11. The van der Waals surface area contributed by atoms with Gasteiger partial charge in [-0.1, -0.05) is 32.3 Å². The molecule has 1 aromatic carbocycles. The minimum absolute atomic E-state index is 0.130. The number of hydrogen-bond donors (Lipinski definition) is 1. The summed E-state index contributed by atoms with van der Waals surface area (Å²) in [5.41, 5.74) is 2.19. The van der Waals surface area contributed by atoms with E-state index in [0.29, 0.717) is 4.34 Å². The second kappa shape index (κ2) is 9.64. The number of hydrogen-bond acceptors (Lipinski definition) is 6. The zero-order chi connectivity index (χ0) is 17.4. The maximum absolute atomic E-state index is 11.4. The van der Waals surface area contributed by atoms with Crippen molar-refractivity contribution >= 4 is 45.5 Å². The van der Waals surface area contributed by atoms with Gasteiger partial charge in [0.15, 0.2) is 4.34 Å². The molecule has 1 heterocycles. The van der Waals surface area contributed by atoms with Crippen LogP contribution in [0.25, 0.3) is 10.2 Å². The van der Waals surface area contributed by atoms with Gasteiger partial charge >= 0.3 is 11.9 Å². The smallest absolute Gasteiger partial charge is 0.318 e.